The summed E-state index contributed by atoms with van der Waals surface area (Å²) < 4.78 is 50.3. The molecule has 0 heterocycles. The standard InChI is InChI=1S/C15H14F2N2O3S/c1-9-3-5-12(10(2)7-9)15(20)18-19-23(21,22)14-6-4-11(16)8-13(14)17/h3-8,19H,1-2H3,(H,18,20). The average Bonchev–Trinajstić information content (AvgIpc) is 2.44. The maximum absolute atomic E-state index is 13.5. The SMILES string of the molecule is Cc1ccc(C(=O)NNS(=O)(=O)c2ccc(F)cc2F)c(C)c1. The first-order chi connectivity index (χ1) is 10.7. The van der Waals surface area contributed by atoms with Crippen LogP contribution in [0.1, 0.15) is 21.5 Å². The molecule has 1 amide bonds. The number of amides is 1. The van der Waals surface area contributed by atoms with E-state index in [0.717, 1.165) is 17.7 Å². The first-order valence-electron chi connectivity index (χ1n) is 6.55. The van der Waals surface area contributed by atoms with Crippen molar-refractivity contribution < 1.29 is 22.0 Å². The van der Waals surface area contributed by atoms with Gasteiger partial charge in [0.1, 0.15) is 16.5 Å². The van der Waals surface area contributed by atoms with Crippen molar-refractivity contribution in [1.29, 1.82) is 0 Å². The molecule has 0 fully saturated rings. The van der Waals surface area contributed by atoms with Crippen molar-refractivity contribution in [2.45, 2.75) is 18.7 Å². The molecule has 8 heteroatoms. The molecule has 0 radical (unpaired) electrons. The van der Waals surface area contributed by atoms with E-state index in [1.165, 1.54) is 0 Å². The summed E-state index contributed by atoms with van der Waals surface area (Å²) in [5.74, 6) is -2.84. The first-order valence-corrected chi connectivity index (χ1v) is 8.03. The van der Waals surface area contributed by atoms with Crippen LogP contribution in [0.2, 0.25) is 0 Å². The second-order valence-electron chi connectivity index (χ2n) is 4.95. The van der Waals surface area contributed by atoms with Crippen LogP contribution >= 0.6 is 0 Å². The lowest BCUT2D eigenvalue weighted by atomic mass is 10.1. The van der Waals surface area contributed by atoms with Crippen LogP contribution in [-0.2, 0) is 10.0 Å². The van der Waals surface area contributed by atoms with Crippen LogP contribution in [0.3, 0.4) is 0 Å². The topological polar surface area (TPSA) is 75.3 Å². The van der Waals surface area contributed by atoms with Gasteiger partial charge in [0.2, 0.25) is 0 Å². The van der Waals surface area contributed by atoms with Crippen LogP contribution < -0.4 is 10.3 Å². The monoisotopic (exact) mass is 340 g/mol. The van der Waals surface area contributed by atoms with Crippen LogP contribution in [0, 0.1) is 25.5 Å². The van der Waals surface area contributed by atoms with Crippen molar-refractivity contribution in [3.05, 3.63) is 64.7 Å². The molecule has 0 aliphatic carbocycles. The van der Waals surface area contributed by atoms with E-state index in [1.807, 2.05) is 12.3 Å². The maximum atomic E-state index is 13.5. The van der Waals surface area contributed by atoms with Crippen molar-refractivity contribution in [2.75, 3.05) is 0 Å². The van der Waals surface area contributed by atoms with Gasteiger partial charge in [0, 0.05) is 11.6 Å². The summed E-state index contributed by atoms with van der Waals surface area (Å²) in [6.07, 6.45) is 0. The zero-order valence-corrected chi connectivity index (χ0v) is 13.2. The summed E-state index contributed by atoms with van der Waals surface area (Å²) in [7, 11) is -4.36. The highest BCUT2D eigenvalue weighted by Gasteiger charge is 2.21. The average molecular weight is 340 g/mol. The zero-order valence-electron chi connectivity index (χ0n) is 12.4. The smallest absolute Gasteiger partial charge is 0.266 e. The third-order valence-electron chi connectivity index (χ3n) is 3.11. The fourth-order valence-electron chi connectivity index (χ4n) is 2.00. The van der Waals surface area contributed by atoms with Gasteiger partial charge in [0.15, 0.2) is 0 Å². The van der Waals surface area contributed by atoms with E-state index in [-0.39, 0.29) is 5.56 Å². The lowest BCUT2D eigenvalue weighted by Gasteiger charge is -2.11. The Morgan fingerprint density at radius 2 is 1.74 bits per heavy atom. The molecular formula is C15H14F2N2O3S. The van der Waals surface area contributed by atoms with Crippen LogP contribution in [0.15, 0.2) is 41.3 Å². The van der Waals surface area contributed by atoms with Crippen molar-refractivity contribution in [3.8, 4) is 0 Å². The molecule has 0 aromatic heterocycles. The number of halogens is 2. The molecule has 0 aliphatic rings. The van der Waals surface area contributed by atoms with E-state index in [9.17, 15) is 22.0 Å². The number of hydrogen-bond acceptors (Lipinski definition) is 3. The van der Waals surface area contributed by atoms with Gasteiger partial charge >= 0.3 is 0 Å². The highest BCUT2D eigenvalue weighted by atomic mass is 32.2. The quantitative estimate of drug-likeness (QED) is 0.838. The Morgan fingerprint density at radius 3 is 2.35 bits per heavy atom. The largest absolute Gasteiger partial charge is 0.273 e. The minimum absolute atomic E-state index is 0.276. The number of nitrogens with one attached hydrogen (secondary N) is 2. The summed E-state index contributed by atoms with van der Waals surface area (Å²) in [5, 5.41) is 0. The molecule has 0 saturated carbocycles. The number of hydrogen-bond donors (Lipinski definition) is 2. The molecule has 2 aromatic rings. The third kappa shape index (κ3) is 3.91. The van der Waals surface area contributed by atoms with Gasteiger partial charge in [-0.1, -0.05) is 17.7 Å². The molecule has 2 aromatic carbocycles. The van der Waals surface area contributed by atoms with Gasteiger partial charge in [-0.3, -0.25) is 10.2 Å². The Kier molecular flexibility index (Phi) is 4.76. The van der Waals surface area contributed by atoms with Crippen LogP contribution in [0.25, 0.3) is 0 Å². The van der Waals surface area contributed by atoms with E-state index in [4.69, 9.17) is 0 Å². The number of benzene rings is 2. The predicted octanol–water partition coefficient (Wildman–Crippen LogP) is 2.20. The van der Waals surface area contributed by atoms with Gasteiger partial charge in [-0.2, -0.15) is 0 Å². The molecule has 0 unspecified atom stereocenters. The Hall–Kier alpha value is -2.32. The molecular weight excluding hydrogens is 326 g/mol. The third-order valence-corrected chi connectivity index (χ3v) is 4.39. The molecule has 23 heavy (non-hydrogen) atoms. The lowest BCUT2D eigenvalue weighted by molar-refractivity contribution is 0.0944. The molecule has 2 rings (SSSR count). The predicted molar refractivity (Wildman–Crippen MR) is 80.1 cm³/mol. The number of rotatable bonds is 4. The molecule has 0 atom stereocenters. The molecule has 122 valence electrons. The second-order valence-corrected chi connectivity index (χ2v) is 6.60. The van der Waals surface area contributed by atoms with Gasteiger partial charge in [0.05, 0.1) is 0 Å². The molecule has 0 saturated heterocycles. The molecule has 0 spiro atoms. The van der Waals surface area contributed by atoms with Gasteiger partial charge < -0.3 is 0 Å². The van der Waals surface area contributed by atoms with Crippen molar-refractivity contribution in [3.63, 3.8) is 0 Å². The summed E-state index contributed by atoms with van der Waals surface area (Å²) >= 11 is 0. The highest BCUT2D eigenvalue weighted by Crippen LogP contribution is 2.15. The van der Waals surface area contributed by atoms with Crippen molar-refractivity contribution in [2.24, 2.45) is 0 Å². The minimum atomic E-state index is -4.36. The normalized spacial score (nSPS) is 11.3. The Bertz CT molecular complexity index is 867. The van der Waals surface area contributed by atoms with E-state index >= 15 is 0 Å². The fourth-order valence-corrected chi connectivity index (χ4v) is 2.90. The maximum Gasteiger partial charge on any atom is 0.266 e. The van der Waals surface area contributed by atoms with Gasteiger partial charge in [-0.15, -0.1) is 4.83 Å². The minimum Gasteiger partial charge on any atom is -0.273 e. The van der Waals surface area contributed by atoms with Crippen LogP contribution in [0.5, 0.6) is 0 Å². The first kappa shape index (κ1) is 17.0. The summed E-state index contributed by atoms with van der Waals surface area (Å²) in [4.78, 5) is 13.0. The molecule has 0 aliphatic heterocycles. The Labute approximate surface area is 132 Å². The number of aryl methyl sites for hydroxylation is 2. The van der Waals surface area contributed by atoms with E-state index in [1.54, 1.807) is 30.0 Å². The summed E-state index contributed by atoms with van der Waals surface area (Å²) in [6.45, 7) is 3.56. The van der Waals surface area contributed by atoms with Crippen molar-refractivity contribution >= 4 is 15.9 Å². The molecule has 2 N–H and O–H groups in total. The van der Waals surface area contributed by atoms with E-state index in [0.29, 0.717) is 11.6 Å². The van der Waals surface area contributed by atoms with E-state index in [2.05, 4.69) is 0 Å². The fraction of sp³-hybridized carbons (Fsp3) is 0.133. The van der Waals surface area contributed by atoms with Crippen molar-refractivity contribution in [1.82, 2.24) is 10.3 Å². The van der Waals surface area contributed by atoms with Crippen LogP contribution in [-0.4, -0.2) is 14.3 Å². The zero-order chi connectivity index (χ0) is 17.2. The molecule has 0 bridgehead atoms. The Balaban J connectivity index is 2.17. The lowest BCUT2D eigenvalue weighted by Crippen LogP contribution is -2.42. The van der Waals surface area contributed by atoms with Gasteiger partial charge in [-0.05, 0) is 37.6 Å². The Morgan fingerprint density at radius 1 is 1.04 bits per heavy atom. The van der Waals surface area contributed by atoms with Gasteiger partial charge in [0.25, 0.3) is 15.9 Å². The number of carbonyl (C=O) groups excluding carboxylic acids is 1. The number of hydrazine groups is 1. The second kappa shape index (κ2) is 6.43. The van der Waals surface area contributed by atoms with E-state index < -0.39 is 32.5 Å². The summed E-state index contributed by atoms with van der Waals surface area (Å²) in [5.41, 5.74) is 3.89. The number of carbonyl (C=O) groups is 1. The highest BCUT2D eigenvalue weighted by molar-refractivity contribution is 7.89. The van der Waals surface area contributed by atoms with Crippen LogP contribution in [0.4, 0.5) is 8.78 Å². The van der Waals surface area contributed by atoms with Gasteiger partial charge in [-0.25, -0.2) is 17.2 Å². The molecule has 5 nitrogen and oxygen atoms in total. The number of sulfonamides is 1. The summed E-state index contributed by atoms with van der Waals surface area (Å²) in [6, 6.07) is 7.05.